The van der Waals surface area contributed by atoms with Crippen molar-refractivity contribution in [2.45, 2.75) is 44.7 Å². The van der Waals surface area contributed by atoms with Gasteiger partial charge in [-0.05, 0) is 19.8 Å². The van der Waals surface area contributed by atoms with Crippen molar-refractivity contribution in [2.24, 2.45) is 0 Å². The van der Waals surface area contributed by atoms with Crippen LogP contribution in [0.1, 0.15) is 32.6 Å². The summed E-state index contributed by atoms with van der Waals surface area (Å²) in [6, 6.07) is -1.16. The van der Waals surface area contributed by atoms with Gasteiger partial charge in [-0.15, -0.1) is 0 Å². The number of nitrogens with one attached hydrogen (secondary N) is 2. The number of carboxylic acid groups (broad SMARTS) is 1. The van der Waals surface area contributed by atoms with Gasteiger partial charge in [-0.3, -0.25) is 4.79 Å². The minimum Gasteiger partial charge on any atom is -0.480 e. The lowest BCUT2D eigenvalue weighted by molar-refractivity contribution is -0.138. The Morgan fingerprint density at radius 2 is 1.93 bits per heavy atom. The third-order valence-electron chi connectivity index (χ3n) is 2.38. The van der Waals surface area contributed by atoms with Gasteiger partial charge in [0, 0.05) is 6.04 Å². The van der Waals surface area contributed by atoms with Crippen molar-refractivity contribution in [3.8, 4) is 0 Å². The molecule has 1 rings (SSSR count). The number of hydrogen-bond acceptors (Lipinski definition) is 3. The lowest BCUT2D eigenvalue weighted by Gasteiger charge is -2.15. The van der Waals surface area contributed by atoms with Crippen LogP contribution in [0.5, 0.6) is 0 Å². The molecule has 1 saturated carbocycles. The first-order chi connectivity index (χ1) is 6.91. The van der Waals surface area contributed by atoms with Gasteiger partial charge in [-0.1, -0.05) is 12.8 Å². The molecule has 3 N–H and O–H groups in total. The molecule has 0 spiro atoms. The van der Waals surface area contributed by atoms with E-state index in [4.69, 9.17) is 5.11 Å². The molecule has 1 aliphatic rings. The Bertz CT molecular complexity index is 322. The lowest BCUT2D eigenvalue weighted by Crippen LogP contribution is -2.47. The van der Waals surface area contributed by atoms with E-state index < -0.39 is 22.2 Å². The number of rotatable bonds is 5. The molecule has 0 radical (unpaired) electrons. The van der Waals surface area contributed by atoms with Crippen LogP contribution in [0.15, 0.2) is 0 Å². The zero-order valence-electron chi connectivity index (χ0n) is 8.56. The molecule has 0 amide bonds. The topological polar surface area (TPSA) is 95.5 Å². The van der Waals surface area contributed by atoms with E-state index in [0.717, 1.165) is 25.7 Å². The van der Waals surface area contributed by atoms with Crippen LogP contribution in [0.4, 0.5) is 0 Å². The second-order valence-electron chi connectivity index (χ2n) is 3.78. The van der Waals surface area contributed by atoms with E-state index in [0.29, 0.717) is 0 Å². The van der Waals surface area contributed by atoms with E-state index in [-0.39, 0.29) is 6.04 Å². The molecule has 1 aliphatic carbocycles. The predicted octanol–water partition coefficient (Wildman–Crippen LogP) is -0.174. The smallest absolute Gasteiger partial charge is 0.321 e. The first-order valence-electron chi connectivity index (χ1n) is 4.93. The van der Waals surface area contributed by atoms with Gasteiger partial charge in [0.05, 0.1) is 0 Å². The summed E-state index contributed by atoms with van der Waals surface area (Å²) >= 11 is 0. The van der Waals surface area contributed by atoms with Crippen molar-refractivity contribution >= 4 is 16.2 Å². The second kappa shape index (κ2) is 4.91. The average molecular weight is 236 g/mol. The van der Waals surface area contributed by atoms with Crippen LogP contribution >= 0.6 is 0 Å². The van der Waals surface area contributed by atoms with Crippen LogP contribution in [-0.4, -0.2) is 31.6 Å². The van der Waals surface area contributed by atoms with Crippen molar-refractivity contribution in [1.29, 1.82) is 0 Å². The summed E-state index contributed by atoms with van der Waals surface area (Å²) in [6.45, 7) is 1.29. The summed E-state index contributed by atoms with van der Waals surface area (Å²) < 4.78 is 27.3. The van der Waals surface area contributed by atoms with Crippen molar-refractivity contribution in [2.75, 3.05) is 0 Å². The highest BCUT2D eigenvalue weighted by atomic mass is 32.2. The third kappa shape index (κ3) is 4.15. The zero-order valence-corrected chi connectivity index (χ0v) is 9.38. The van der Waals surface area contributed by atoms with Crippen molar-refractivity contribution in [3.05, 3.63) is 0 Å². The van der Waals surface area contributed by atoms with Crippen LogP contribution in [0, 0.1) is 0 Å². The number of aliphatic carboxylic acids is 1. The molecule has 0 saturated heterocycles. The second-order valence-corrected chi connectivity index (χ2v) is 5.26. The SMILES string of the molecule is C[C@H](NS(=O)(=O)NC1CCCC1)C(=O)O. The number of carbonyl (C=O) groups is 1. The van der Waals surface area contributed by atoms with Gasteiger partial charge in [-0.2, -0.15) is 17.9 Å². The maximum absolute atomic E-state index is 11.4. The summed E-state index contributed by atoms with van der Waals surface area (Å²) in [5.74, 6) is -1.19. The maximum Gasteiger partial charge on any atom is 0.321 e. The Kier molecular flexibility index (Phi) is 4.06. The molecule has 1 atom stereocenters. The average Bonchev–Trinajstić information content (AvgIpc) is 2.54. The minimum atomic E-state index is -3.69. The Hall–Kier alpha value is -0.660. The van der Waals surface area contributed by atoms with Gasteiger partial charge < -0.3 is 5.11 Å². The van der Waals surface area contributed by atoms with E-state index in [9.17, 15) is 13.2 Å². The molecule has 7 heteroatoms. The summed E-state index contributed by atoms with van der Waals surface area (Å²) in [7, 11) is -3.69. The van der Waals surface area contributed by atoms with Gasteiger partial charge >= 0.3 is 5.97 Å². The van der Waals surface area contributed by atoms with Crippen LogP contribution in [0.25, 0.3) is 0 Å². The minimum absolute atomic E-state index is 0.0523. The molecule has 6 nitrogen and oxygen atoms in total. The predicted molar refractivity (Wildman–Crippen MR) is 54.5 cm³/mol. The molecule has 1 fully saturated rings. The first kappa shape index (κ1) is 12.4. The standard InChI is InChI=1S/C8H16N2O4S/c1-6(8(11)12)9-15(13,14)10-7-4-2-3-5-7/h6-7,9-10H,2-5H2,1H3,(H,11,12)/t6-/m0/s1. The summed E-state index contributed by atoms with van der Waals surface area (Å²) in [5.41, 5.74) is 0. The molecular formula is C8H16N2O4S. The number of hydrogen-bond donors (Lipinski definition) is 3. The molecule has 0 aromatic heterocycles. The molecule has 88 valence electrons. The fourth-order valence-electron chi connectivity index (χ4n) is 1.58. The molecule has 15 heavy (non-hydrogen) atoms. The van der Waals surface area contributed by atoms with E-state index in [1.54, 1.807) is 0 Å². The van der Waals surface area contributed by atoms with Crippen molar-refractivity contribution in [3.63, 3.8) is 0 Å². The van der Waals surface area contributed by atoms with Gasteiger partial charge in [0.15, 0.2) is 0 Å². The fraction of sp³-hybridized carbons (Fsp3) is 0.875. The Morgan fingerprint density at radius 1 is 1.40 bits per heavy atom. The molecule has 0 heterocycles. The quantitative estimate of drug-likeness (QED) is 0.617. The molecule has 0 aromatic rings. The van der Waals surface area contributed by atoms with E-state index >= 15 is 0 Å². The van der Waals surface area contributed by atoms with Gasteiger partial charge in [0.2, 0.25) is 0 Å². The van der Waals surface area contributed by atoms with Crippen LogP contribution in [0.2, 0.25) is 0 Å². The highest BCUT2D eigenvalue weighted by Crippen LogP contribution is 2.18. The van der Waals surface area contributed by atoms with Crippen LogP contribution in [-0.2, 0) is 15.0 Å². The Balaban J connectivity index is 2.47. The fourth-order valence-corrected chi connectivity index (χ4v) is 2.89. The Morgan fingerprint density at radius 3 is 2.40 bits per heavy atom. The van der Waals surface area contributed by atoms with E-state index in [2.05, 4.69) is 4.72 Å². The third-order valence-corrected chi connectivity index (χ3v) is 3.69. The van der Waals surface area contributed by atoms with Crippen molar-refractivity contribution in [1.82, 2.24) is 9.44 Å². The van der Waals surface area contributed by atoms with Gasteiger partial charge in [0.25, 0.3) is 10.2 Å². The molecule has 0 aromatic carbocycles. The maximum atomic E-state index is 11.4. The van der Waals surface area contributed by atoms with Gasteiger partial charge in [-0.25, -0.2) is 0 Å². The largest absolute Gasteiger partial charge is 0.480 e. The molecular weight excluding hydrogens is 220 g/mol. The van der Waals surface area contributed by atoms with Gasteiger partial charge in [0.1, 0.15) is 6.04 Å². The van der Waals surface area contributed by atoms with Crippen LogP contribution < -0.4 is 9.44 Å². The first-order valence-corrected chi connectivity index (χ1v) is 6.41. The molecule has 0 aliphatic heterocycles. The van der Waals surface area contributed by atoms with Crippen molar-refractivity contribution < 1.29 is 18.3 Å². The molecule has 0 unspecified atom stereocenters. The molecule has 0 bridgehead atoms. The van der Waals surface area contributed by atoms with E-state index in [1.807, 2.05) is 4.72 Å². The van der Waals surface area contributed by atoms with Crippen LogP contribution in [0.3, 0.4) is 0 Å². The highest BCUT2D eigenvalue weighted by Gasteiger charge is 2.24. The Labute approximate surface area is 89.2 Å². The number of carboxylic acids is 1. The summed E-state index contributed by atoms with van der Waals surface area (Å²) in [6.07, 6.45) is 3.67. The highest BCUT2D eigenvalue weighted by molar-refractivity contribution is 7.87. The summed E-state index contributed by atoms with van der Waals surface area (Å²) in [5, 5.41) is 8.55. The normalized spacial score (nSPS) is 20.3. The monoisotopic (exact) mass is 236 g/mol. The van der Waals surface area contributed by atoms with E-state index in [1.165, 1.54) is 6.92 Å². The summed E-state index contributed by atoms with van der Waals surface area (Å²) in [4.78, 5) is 10.5. The zero-order chi connectivity index (χ0) is 11.5. The lowest BCUT2D eigenvalue weighted by atomic mass is 10.3.